The lowest BCUT2D eigenvalue weighted by Gasteiger charge is -2.23. The van der Waals surface area contributed by atoms with Crippen LogP contribution < -0.4 is 4.74 Å². The minimum Gasteiger partial charge on any atom is -0.497 e. The zero-order valence-electron chi connectivity index (χ0n) is 14.5. The van der Waals surface area contributed by atoms with Gasteiger partial charge in [-0.05, 0) is 43.5 Å². The van der Waals surface area contributed by atoms with Crippen molar-refractivity contribution < 1.29 is 14.3 Å². The summed E-state index contributed by atoms with van der Waals surface area (Å²) in [7, 11) is 1.66. The van der Waals surface area contributed by atoms with Crippen molar-refractivity contribution in [3.8, 4) is 17.0 Å². The lowest BCUT2D eigenvalue weighted by molar-refractivity contribution is -0.140. The molecule has 0 radical (unpaired) electrons. The monoisotopic (exact) mass is 341 g/mol. The molecule has 0 unspecified atom stereocenters. The quantitative estimate of drug-likeness (QED) is 0.929. The molecule has 4 rings (SSSR count). The first-order valence-corrected chi connectivity index (χ1v) is 8.87. The molecule has 132 valence electrons. The first kappa shape index (κ1) is 16.1. The van der Waals surface area contributed by atoms with Gasteiger partial charge in [0.15, 0.2) is 0 Å². The van der Waals surface area contributed by atoms with Crippen molar-refractivity contribution in [2.75, 3.05) is 26.8 Å². The molecule has 2 aliphatic heterocycles. The molecule has 1 aromatic carbocycles. The Labute approximate surface area is 147 Å². The van der Waals surface area contributed by atoms with Crippen LogP contribution in [0.15, 0.2) is 24.3 Å². The molecule has 3 heterocycles. The third-order valence-corrected chi connectivity index (χ3v) is 5.10. The number of aromatic amines is 1. The number of hydrogen-bond donors (Lipinski definition) is 1. The number of carbonyl (C=O) groups excluding carboxylic acids is 1. The molecule has 1 saturated heterocycles. The second-order valence-corrected chi connectivity index (χ2v) is 6.58. The van der Waals surface area contributed by atoms with Gasteiger partial charge in [0.1, 0.15) is 11.9 Å². The average Bonchev–Trinajstić information content (AvgIpc) is 3.28. The largest absolute Gasteiger partial charge is 0.497 e. The summed E-state index contributed by atoms with van der Waals surface area (Å²) in [4.78, 5) is 14.6. The number of nitrogens with one attached hydrogen (secondary N) is 1. The van der Waals surface area contributed by atoms with Crippen LogP contribution in [0, 0.1) is 0 Å². The van der Waals surface area contributed by atoms with Crippen LogP contribution in [0.1, 0.15) is 24.1 Å². The lowest BCUT2D eigenvalue weighted by atomic mass is 10.0. The van der Waals surface area contributed by atoms with Gasteiger partial charge < -0.3 is 14.4 Å². The van der Waals surface area contributed by atoms with E-state index < -0.39 is 0 Å². The number of amides is 1. The summed E-state index contributed by atoms with van der Waals surface area (Å²) >= 11 is 0. The van der Waals surface area contributed by atoms with Crippen LogP contribution >= 0.6 is 0 Å². The van der Waals surface area contributed by atoms with Crippen LogP contribution in [0.3, 0.4) is 0 Å². The molecular weight excluding hydrogens is 318 g/mol. The standard InChI is InChI=1S/C19H23N3O3/c1-24-14-6-4-13(5-7-14)18-15-8-10-22(11-9-16(15)20-21-18)19(23)17-3-2-12-25-17/h4-7,17H,2-3,8-12H2,1H3,(H,20,21)/t17-/m1/s1. The summed E-state index contributed by atoms with van der Waals surface area (Å²) in [5.74, 6) is 0.973. The van der Waals surface area contributed by atoms with Crippen LogP contribution in [0.4, 0.5) is 0 Å². The number of aromatic nitrogens is 2. The molecule has 0 aliphatic carbocycles. The Bertz CT molecular complexity index is 748. The zero-order valence-corrected chi connectivity index (χ0v) is 14.5. The van der Waals surface area contributed by atoms with E-state index in [1.54, 1.807) is 7.11 Å². The van der Waals surface area contributed by atoms with Gasteiger partial charge in [0, 0.05) is 42.9 Å². The van der Waals surface area contributed by atoms with Gasteiger partial charge in [-0.15, -0.1) is 0 Å². The molecule has 0 saturated carbocycles. The van der Waals surface area contributed by atoms with Gasteiger partial charge in [0.05, 0.1) is 12.8 Å². The van der Waals surface area contributed by atoms with Gasteiger partial charge in [-0.1, -0.05) is 0 Å². The number of benzene rings is 1. The van der Waals surface area contributed by atoms with Crippen molar-refractivity contribution in [2.24, 2.45) is 0 Å². The third kappa shape index (κ3) is 3.14. The maximum atomic E-state index is 12.6. The second-order valence-electron chi connectivity index (χ2n) is 6.58. The van der Waals surface area contributed by atoms with Crippen molar-refractivity contribution in [2.45, 2.75) is 31.8 Å². The number of fused-ring (bicyclic) bond motifs is 1. The Morgan fingerprint density at radius 2 is 2.08 bits per heavy atom. The third-order valence-electron chi connectivity index (χ3n) is 5.10. The van der Waals surface area contributed by atoms with Gasteiger partial charge in [0.2, 0.25) is 0 Å². The van der Waals surface area contributed by atoms with E-state index in [2.05, 4.69) is 10.2 Å². The van der Waals surface area contributed by atoms with E-state index in [1.807, 2.05) is 29.2 Å². The van der Waals surface area contributed by atoms with Gasteiger partial charge in [-0.25, -0.2) is 0 Å². The van der Waals surface area contributed by atoms with Crippen LogP contribution in [-0.2, 0) is 22.4 Å². The number of ether oxygens (including phenoxy) is 2. The van der Waals surface area contributed by atoms with Crippen molar-refractivity contribution >= 4 is 5.91 Å². The molecule has 1 fully saturated rings. The number of nitrogens with zero attached hydrogens (tertiary/aromatic N) is 2. The number of carbonyl (C=O) groups is 1. The summed E-state index contributed by atoms with van der Waals surface area (Å²) in [5.41, 5.74) is 4.39. The van der Waals surface area contributed by atoms with Crippen LogP contribution in [-0.4, -0.2) is 53.9 Å². The van der Waals surface area contributed by atoms with Gasteiger partial charge in [-0.2, -0.15) is 5.10 Å². The fourth-order valence-electron chi connectivity index (χ4n) is 3.67. The van der Waals surface area contributed by atoms with Crippen molar-refractivity contribution in [3.05, 3.63) is 35.5 Å². The molecule has 1 aromatic heterocycles. The molecule has 0 bridgehead atoms. The summed E-state index contributed by atoms with van der Waals surface area (Å²) in [6.45, 7) is 2.14. The molecule has 6 heteroatoms. The Balaban J connectivity index is 1.52. The fourth-order valence-corrected chi connectivity index (χ4v) is 3.67. The molecule has 2 aromatic rings. The zero-order chi connectivity index (χ0) is 17.2. The van der Waals surface area contributed by atoms with Crippen molar-refractivity contribution in [1.29, 1.82) is 0 Å². The highest BCUT2D eigenvalue weighted by atomic mass is 16.5. The van der Waals surface area contributed by atoms with Crippen LogP contribution in [0.2, 0.25) is 0 Å². The van der Waals surface area contributed by atoms with E-state index in [4.69, 9.17) is 9.47 Å². The van der Waals surface area contributed by atoms with E-state index in [9.17, 15) is 4.79 Å². The summed E-state index contributed by atoms with van der Waals surface area (Å²) in [6.07, 6.45) is 3.20. The van der Waals surface area contributed by atoms with Gasteiger partial charge >= 0.3 is 0 Å². The average molecular weight is 341 g/mol. The topological polar surface area (TPSA) is 67.5 Å². The highest BCUT2D eigenvalue weighted by molar-refractivity contribution is 5.81. The predicted molar refractivity (Wildman–Crippen MR) is 93.5 cm³/mol. The first-order chi connectivity index (χ1) is 12.3. The van der Waals surface area contributed by atoms with Gasteiger partial charge in [0.25, 0.3) is 5.91 Å². The SMILES string of the molecule is COc1ccc(-c2n[nH]c3c2CCN(C(=O)[C@H]2CCCO2)CC3)cc1. The normalized spacial score (nSPS) is 20.2. The predicted octanol–water partition coefficient (Wildman–Crippen LogP) is 2.19. The summed E-state index contributed by atoms with van der Waals surface area (Å²) in [5, 5.41) is 7.69. The fraction of sp³-hybridized carbons (Fsp3) is 0.474. The lowest BCUT2D eigenvalue weighted by Crippen LogP contribution is -2.40. The molecule has 1 amide bonds. The number of H-pyrrole nitrogens is 1. The highest BCUT2D eigenvalue weighted by Crippen LogP contribution is 2.28. The maximum Gasteiger partial charge on any atom is 0.251 e. The van der Waals surface area contributed by atoms with Crippen LogP contribution in [0.5, 0.6) is 5.75 Å². The Hall–Kier alpha value is -2.34. The Morgan fingerprint density at radius 1 is 1.28 bits per heavy atom. The van der Waals surface area contributed by atoms with E-state index in [0.29, 0.717) is 13.2 Å². The molecular formula is C19H23N3O3. The highest BCUT2D eigenvalue weighted by Gasteiger charge is 2.30. The smallest absolute Gasteiger partial charge is 0.251 e. The minimum atomic E-state index is -0.240. The molecule has 1 N–H and O–H groups in total. The van der Waals surface area contributed by atoms with Gasteiger partial charge in [-0.3, -0.25) is 9.89 Å². The molecule has 6 nitrogen and oxygen atoms in total. The first-order valence-electron chi connectivity index (χ1n) is 8.87. The van der Waals surface area contributed by atoms with Crippen molar-refractivity contribution in [1.82, 2.24) is 15.1 Å². The van der Waals surface area contributed by atoms with Crippen molar-refractivity contribution in [3.63, 3.8) is 0 Å². The summed E-state index contributed by atoms with van der Waals surface area (Å²) < 4.78 is 10.8. The molecule has 1 atom stereocenters. The van der Waals surface area contributed by atoms with Crippen LogP contribution in [0.25, 0.3) is 11.3 Å². The Morgan fingerprint density at radius 3 is 2.80 bits per heavy atom. The number of rotatable bonds is 3. The molecule has 0 spiro atoms. The summed E-state index contributed by atoms with van der Waals surface area (Å²) in [6, 6.07) is 7.94. The minimum absolute atomic E-state index is 0.140. The number of hydrogen-bond acceptors (Lipinski definition) is 4. The second kappa shape index (κ2) is 6.88. The molecule has 2 aliphatic rings. The Kier molecular flexibility index (Phi) is 4.44. The van der Waals surface area contributed by atoms with E-state index in [1.165, 1.54) is 5.56 Å². The van der Waals surface area contributed by atoms with E-state index in [-0.39, 0.29) is 12.0 Å². The van der Waals surface area contributed by atoms with E-state index in [0.717, 1.165) is 54.9 Å². The maximum absolute atomic E-state index is 12.6. The van der Waals surface area contributed by atoms with E-state index >= 15 is 0 Å². The molecule has 25 heavy (non-hydrogen) atoms. The number of methoxy groups -OCH3 is 1.